The molecule has 0 spiro atoms. The Morgan fingerprint density at radius 2 is 1.95 bits per heavy atom. The third-order valence-electron chi connectivity index (χ3n) is 6.66. The van der Waals surface area contributed by atoms with Gasteiger partial charge in [0.2, 0.25) is 0 Å². The van der Waals surface area contributed by atoms with E-state index >= 15 is 0 Å². The summed E-state index contributed by atoms with van der Waals surface area (Å²) in [5.74, 6) is 0.641. The van der Waals surface area contributed by atoms with Gasteiger partial charge in [-0.2, -0.15) is 23.5 Å². The summed E-state index contributed by atoms with van der Waals surface area (Å²) in [5.41, 5.74) is -2.74. The molecule has 0 aromatic carbocycles. The Morgan fingerprint density at radius 1 is 1.18 bits per heavy atom. The summed E-state index contributed by atoms with van der Waals surface area (Å²) >= 11 is 0. The van der Waals surface area contributed by atoms with Gasteiger partial charge in [-0.1, -0.05) is 0 Å². The molecule has 204 valence electrons. The zero-order chi connectivity index (χ0) is 27.3. The summed E-state index contributed by atoms with van der Waals surface area (Å²) in [6.07, 6.45) is -1.20. The zero-order valence-electron chi connectivity index (χ0n) is 20.7. The zero-order valence-corrected chi connectivity index (χ0v) is 20.7. The molecule has 38 heavy (non-hydrogen) atoms. The van der Waals surface area contributed by atoms with E-state index in [1.54, 1.807) is 11.2 Å². The van der Waals surface area contributed by atoms with Crippen LogP contribution in [0.3, 0.4) is 0 Å². The van der Waals surface area contributed by atoms with Gasteiger partial charge in [0.1, 0.15) is 23.6 Å². The highest BCUT2D eigenvalue weighted by Crippen LogP contribution is 2.32. The fourth-order valence-corrected chi connectivity index (χ4v) is 4.81. The lowest BCUT2D eigenvalue weighted by molar-refractivity contribution is -0.139. The molecule has 2 aromatic rings. The number of carbonyl (C=O) groups is 1. The number of nitrogens with one attached hydrogen (secondary N) is 2. The molecule has 0 saturated carbocycles. The Kier molecular flexibility index (Phi) is 8.48. The molecule has 1 unspecified atom stereocenters. The van der Waals surface area contributed by atoms with E-state index in [0.29, 0.717) is 31.6 Å². The first-order valence-electron chi connectivity index (χ1n) is 12.1. The van der Waals surface area contributed by atoms with Crippen molar-refractivity contribution in [3.63, 3.8) is 0 Å². The molecule has 2 saturated heterocycles. The van der Waals surface area contributed by atoms with Gasteiger partial charge in [-0.3, -0.25) is 9.59 Å². The van der Waals surface area contributed by atoms with Crippen molar-refractivity contribution in [3.8, 4) is 6.07 Å². The number of pyridine rings is 1. The predicted molar refractivity (Wildman–Crippen MR) is 129 cm³/mol. The molecular weight excluding hydrogens is 507 g/mol. The lowest BCUT2D eigenvalue weighted by Crippen LogP contribution is -2.47. The van der Waals surface area contributed by atoms with Crippen LogP contribution in [0.25, 0.3) is 0 Å². The van der Waals surface area contributed by atoms with Crippen molar-refractivity contribution in [2.45, 2.75) is 43.6 Å². The molecule has 2 aliphatic heterocycles. The maximum Gasteiger partial charge on any atom is 0.423 e. The van der Waals surface area contributed by atoms with E-state index in [-0.39, 0.29) is 25.2 Å². The van der Waals surface area contributed by atoms with Crippen molar-refractivity contribution in [2.75, 3.05) is 50.2 Å². The first-order chi connectivity index (χ1) is 18.2. The number of aromatic amines is 1. The number of H-pyrrole nitrogens is 1. The maximum absolute atomic E-state index is 13.4. The number of rotatable bonds is 9. The number of anilines is 2. The third kappa shape index (κ3) is 6.22. The van der Waals surface area contributed by atoms with Crippen molar-refractivity contribution in [3.05, 3.63) is 46.0 Å². The molecule has 14 heteroatoms. The Balaban J connectivity index is 1.32. The van der Waals surface area contributed by atoms with E-state index in [1.165, 1.54) is 13.3 Å². The average Bonchev–Trinajstić information content (AvgIpc) is 3.27. The first-order valence-corrected chi connectivity index (χ1v) is 12.1. The van der Waals surface area contributed by atoms with Crippen molar-refractivity contribution >= 4 is 17.4 Å². The number of nitrogens with zero attached hydrogens (tertiary/aromatic N) is 5. The molecule has 2 aliphatic rings. The van der Waals surface area contributed by atoms with Gasteiger partial charge in [0.25, 0.3) is 11.5 Å². The van der Waals surface area contributed by atoms with Crippen LogP contribution in [0.15, 0.2) is 29.3 Å². The maximum atomic E-state index is 13.4. The number of alkyl halides is 3. The van der Waals surface area contributed by atoms with Crippen LogP contribution in [0, 0.1) is 11.3 Å². The predicted octanol–water partition coefficient (Wildman–Crippen LogP) is 1.77. The number of methoxy groups -OCH3 is 1. The normalized spacial score (nSPS) is 19.4. The van der Waals surface area contributed by atoms with Crippen LogP contribution >= 0.6 is 0 Å². The van der Waals surface area contributed by atoms with Crippen LogP contribution < -0.4 is 15.8 Å². The van der Waals surface area contributed by atoms with Crippen molar-refractivity contribution in [2.24, 2.45) is 0 Å². The summed E-state index contributed by atoms with van der Waals surface area (Å²) in [6, 6.07) is 4.88. The van der Waals surface area contributed by atoms with E-state index in [1.807, 2.05) is 17.0 Å². The lowest BCUT2D eigenvalue weighted by Gasteiger charge is -2.37. The van der Waals surface area contributed by atoms with Crippen molar-refractivity contribution in [1.29, 1.82) is 5.26 Å². The summed E-state index contributed by atoms with van der Waals surface area (Å²) in [5, 5.41) is 16.8. The molecular formula is C24H28F3N7O4. The second-order valence-electron chi connectivity index (χ2n) is 9.16. The highest BCUT2D eigenvalue weighted by molar-refractivity contribution is 5.83. The van der Waals surface area contributed by atoms with Gasteiger partial charge in [-0.25, -0.2) is 10.1 Å². The van der Waals surface area contributed by atoms with Gasteiger partial charge in [0.05, 0.1) is 36.7 Å². The number of carbonyl (C=O) groups excluding carboxylic acids is 1. The highest BCUT2D eigenvalue weighted by atomic mass is 19.4. The van der Waals surface area contributed by atoms with Crippen LogP contribution in [0.4, 0.5) is 24.7 Å². The quantitative estimate of drug-likeness (QED) is 0.492. The van der Waals surface area contributed by atoms with Gasteiger partial charge in [-0.15, -0.1) is 0 Å². The Labute approximate surface area is 216 Å². The molecule has 2 atom stereocenters. The van der Waals surface area contributed by atoms with E-state index in [4.69, 9.17) is 14.7 Å². The number of hydrogen-bond acceptors (Lipinski definition) is 9. The SMILES string of the molecule is COCC(CO[C@H]1CCN(C2CCN(c3ccc(C#N)cn3)CC2)C1=O)Nc1cn[nH]c(=O)c1C(F)(F)F. The topological polar surface area (TPSA) is 136 Å². The van der Waals surface area contributed by atoms with E-state index in [2.05, 4.69) is 20.3 Å². The number of nitriles is 1. The van der Waals surface area contributed by atoms with Gasteiger partial charge in [0.15, 0.2) is 0 Å². The highest BCUT2D eigenvalue weighted by Gasteiger charge is 2.39. The van der Waals surface area contributed by atoms with Gasteiger partial charge < -0.3 is 24.6 Å². The Hall–Kier alpha value is -3.70. The number of likely N-dealkylation sites (tertiary alicyclic amines) is 1. The summed E-state index contributed by atoms with van der Waals surface area (Å²) < 4.78 is 51.1. The minimum Gasteiger partial charge on any atom is -0.382 e. The van der Waals surface area contributed by atoms with Crippen molar-refractivity contribution < 1.29 is 27.4 Å². The molecule has 11 nitrogen and oxygen atoms in total. The molecule has 0 bridgehead atoms. The average molecular weight is 536 g/mol. The monoisotopic (exact) mass is 535 g/mol. The minimum absolute atomic E-state index is 0.0173. The molecule has 2 aromatic heterocycles. The van der Waals surface area contributed by atoms with Crippen molar-refractivity contribution in [1.82, 2.24) is 20.1 Å². The Morgan fingerprint density at radius 3 is 2.58 bits per heavy atom. The van der Waals surface area contributed by atoms with Crippen LogP contribution in [0.1, 0.15) is 30.4 Å². The minimum atomic E-state index is -4.88. The third-order valence-corrected chi connectivity index (χ3v) is 6.66. The second-order valence-corrected chi connectivity index (χ2v) is 9.16. The Bertz CT molecular complexity index is 1210. The largest absolute Gasteiger partial charge is 0.423 e. The molecule has 2 N–H and O–H groups in total. The molecule has 4 rings (SSSR count). The van der Waals surface area contributed by atoms with E-state index in [0.717, 1.165) is 24.9 Å². The summed E-state index contributed by atoms with van der Waals surface area (Å²) in [4.78, 5) is 33.1. The molecule has 0 radical (unpaired) electrons. The van der Waals surface area contributed by atoms with Crippen LogP contribution in [-0.4, -0.2) is 84.1 Å². The van der Waals surface area contributed by atoms with Gasteiger partial charge >= 0.3 is 6.18 Å². The summed E-state index contributed by atoms with van der Waals surface area (Å²) in [6.45, 7) is 1.83. The smallest absolute Gasteiger partial charge is 0.382 e. The fourth-order valence-electron chi connectivity index (χ4n) is 4.81. The molecule has 0 aliphatic carbocycles. The van der Waals surface area contributed by atoms with Crippen LogP contribution in [-0.2, 0) is 20.4 Å². The first kappa shape index (κ1) is 27.3. The molecule has 4 heterocycles. The number of amides is 1. The van der Waals surface area contributed by atoms with Crippen LogP contribution in [0.5, 0.6) is 0 Å². The van der Waals surface area contributed by atoms with E-state index < -0.39 is 35.1 Å². The summed E-state index contributed by atoms with van der Waals surface area (Å²) in [7, 11) is 1.39. The number of aromatic nitrogens is 3. The van der Waals surface area contributed by atoms with Crippen LogP contribution in [0.2, 0.25) is 0 Å². The number of halogens is 3. The van der Waals surface area contributed by atoms with E-state index in [9.17, 15) is 22.8 Å². The number of ether oxygens (including phenoxy) is 2. The number of hydrogen-bond donors (Lipinski definition) is 2. The lowest BCUT2D eigenvalue weighted by atomic mass is 10.0. The second kappa shape index (κ2) is 11.8. The number of piperidine rings is 1. The molecule has 2 fully saturated rings. The van der Waals surface area contributed by atoms with Gasteiger partial charge in [0, 0.05) is 45.4 Å². The molecule has 1 amide bonds. The van der Waals surface area contributed by atoms with Gasteiger partial charge in [-0.05, 0) is 25.0 Å². The fraction of sp³-hybridized carbons (Fsp3) is 0.542. The standard InChI is InChI=1S/C24H28F3N7O4/c1-37-13-16(31-18-12-30-32-22(35)21(18)24(25,26)27)14-38-19-6-9-34(23(19)36)17-4-7-33(8-5-17)20-3-2-15(10-28)11-29-20/h2-3,11-12,16-17,19H,4-9,13-14H2,1H3,(H2,31,32,35)/t16?,19-/m0/s1.